The molecule has 1 aromatic rings. The summed E-state index contributed by atoms with van der Waals surface area (Å²) in [6, 6.07) is 7.43. The number of rotatable bonds is 7. The highest BCUT2D eigenvalue weighted by atomic mass is 79.9. The molecular weight excluding hydrogens is 350 g/mol. The summed E-state index contributed by atoms with van der Waals surface area (Å²) in [4.78, 5) is 23.2. The lowest BCUT2D eigenvalue weighted by molar-refractivity contribution is -0.138. The first kappa shape index (κ1) is 18.0. The Balaban J connectivity index is 2.84. The molecule has 0 aliphatic heterocycles. The summed E-state index contributed by atoms with van der Waals surface area (Å²) in [5, 5.41) is 2.98. The van der Waals surface area contributed by atoms with Gasteiger partial charge < -0.3 is 14.8 Å². The smallest absolute Gasteiger partial charge is 0.339 e. The summed E-state index contributed by atoms with van der Waals surface area (Å²) in [5.41, 5.74) is 1.02. The first-order valence-electron chi connectivity index (χ1n) is 6.81. The number of carbonyl (C=O) groups excluding carboxylic acids is 2. The molecule has 0 saturated carbocycles. The summed E-state index contributed by atoms with van der Waals surface area (Å²) < 4.78 is 10.7. The third-order valence-electron chi connectivity index (χ3n) is 2.44. The quantitative estimate of drug-likeness (QED) is 0.454. The van der Waals surface area contributed by atoms with Gasteiger partial charge in [-0.25, -0.2) is 9.59 Å². The Kier molecular flexibility index (Phi) is 7.99. The first-order chi connectivity index (χ1) is 10.6. The van der Waals surface area contributed by atoms with E-state index in [1.165, 1.54) is 18.4 Å². The Labute approximate surface area is 138 Å². The van der Waals surface area contributed by atoms with E-state index < -0.39 is 11.9 Å². The molecule has 0 aliphatic rings. The predicted octanol–water partition coefficient (Wildman–Crippen LogP) is 3.43. The second-order valence-electron chi connectivity index (χ2n) is 4.06. The highest BCUT2D eigenvalue weighted by molar-refractivity contribution is 9.10. The molecule has 118 valence electrons. The first-order valence-corrected chi connectivity index (χ1v) is 7.60. The molecule has 0 aliphatic carbocycles. The van der Waals surface area contributed by atoms with E-state index >= 15 is 0 Å². The molecule has 0 aromatic heterocycles. The van der Waals surface area contributed by atoms with Gasteiger partial charge in [0.05, 0.1) is 18.8 Å². The summed E-state index contributed by atoms with van der Waals surface area (Å²) in [7, 11) is 0. The van der Waals surface area contributed by atoms with Crippen molar-refractivity contribution < 1.29 is 19.1 Å². The van der Waals surface area contributed by atoms with Gasteiger partial charge in [-0.1, -0.05) is 15.9 Å². The van der Waals surface area contributed by atoms with Crippen LogP contribution in [-0.4, -0.2) is 25.2 Å². The van der Waals surface area contributed by atoms with Gasteiger partial charge >= 0.3 is 11.9 Å². The lowest BCUT2D eigenvalue weighted by Crippen LogP contribution is -2.08. The van der Waals surface area contributed by atoms with Crippen molar-refractivity contribution >= 4 is 33.6 Å². The molecule has 0 fully saturated rings. The van der Waals surface area contributed by atoms with E-state index in [4.69, 9.17) is 9.47 Å². The predicted molar refractivity (Wildman–Crippen MR) is 88.3 cm³/mol. The van der Waals surface area contributed by atoms with Crippen LogP contribution in [0.5, 0.6) is 0 Å². The van der Waals surface area contributed by atoms with Crippen LogP contribution in [0.3, 0.4) is 0 Å². The van der Waals surface area contributed by atoms with Crippen molar-refractivity contribution in [1.82, 2.24) is 0 Å². The Bertz CT molecular complexity index is 564. The minimum absolute atomic E-state index is 0.220. The number of benzene rings is 1. The fourth-order valence-electron chi connectivity index (χ4n) is 1.44. The van der Waals surface area contributed by atoms with Crippen molar-refractivity contribution in [2.24, 2.45) is 0 Å². The average Bonchev–Trinajstić information content (AvgIpc) is 2.49. The van der Waals surface area contributed by atoms with Crippen LogP contribution in [-0.2, 0) is 19.1 Å². The normalized spacial score (nSPS) is 11.3. The molecule has 22 heavy (non-hydrogen) atoms. The zero-order valence-electron chi connectivity index (χ0n) is 12.5. The van der Waals surface area contributed by atoms with Gasteiger partial charge in [-0.3, -0.25) is 0 Å². The number of ether oxygens (including phenoxy) is 2. The van der Waals surface area contributed by atoms with Crippen LogP contribution < -0.4 is 5.32 Å². The zero-order valence-corrected chi connectivity index (χ0v) is 14.1. The maximum atomic E-state index is 11.8. The minimum atomic E-state index is -0.521. The highest BCUT2D eigenvalue weighted by Crippen LogP contribution is 2.14. The Morgan fingerprint density at radius 1 is 1.09 bits per heavy atom. The van der Waals surface area contributed by atoms with E-state index in [9.17, 15) is 9.59 Å². The summed E-state index contributed by atoms with van der Waals surface area (Å²) >= 11 is 3.34. The van der Waals surface area contributed by atoms with Crippen LogP contribution in [0.2, 0.25) is 0 Å². The van der Waals surface area contributed by atoms with Gasteiger partial charge in [0.15, 0.2) is 0 Å². The largest absolute Gasteiger partial charge is 0.463 e. The zero-order chi connectivity index (χ0) is 16.4. The third kappa shape index (κ3) is 6.58. The van der Waals surface area contributed by atoms with E-state index in [0.717, 1.165) is 10.2 Å². The number of nitrogens with one attached hydrogen (secondary N) is 1. The van der Waals surface area contributed by atoms with Gasteiger partial charge in [-0.15, -0.1) is 0 Å². The van der Waals surface area contributed by atoms with Gasteiger partial charge in [0.1, 0.15) is 0 Å². The Morgan fingerprint density at radius 2 is 1.73 bits per heavy atom. The number of carbonyl (C=O) groups is 2. The Morgan fingerprint density at radius 3 is 2.32 bits per heavy atom. The van der Waals surface area contributed by atoms with Crippen molar-refractivity contribution in [3.8, 4) is 0 Å². The molecule has 0 spiro atoms. The van der Waals surface area contributed by atoms with Gasteiger partial charge in [-0.2, -0.15) is 0 Å². The van der Waals surface area contributed by atoms with Crippen LogP contribution in [0.4, 0.5) is 5.69 Å². The van der Waals surface area contributed by atoms with Crippen LogP contribution in [0, 0.1) is 0 Å². The number of hydrogen-bond acceptors (Lipinski definition) is 5. The van der Waals surface area contributed by atoms with Crippen molar-refractivity contribution in [1.29, 1.82) is 0 Å². The third-order valence-corrected chi connectivity index (χ3v) is 2.96. The molecule has 0 saturated heterocycles. The maximum absolute atomic E-state index is 11.8. The number of esters is 2. The molecule has 1 aromatic carbocycles. The van der Waals surface area contributed by atoms with Crippen molar-refractivity contribution in [3.63, 3.8) is 0 Å². The van der Waals surface area contributed by atoms with Crippen molar-refractivity contribution in [2.75, 3.05) is 18.5 Å². The minimum Gasteiger partial charge on any atom is -0.463 e. The number of anilines is 1. The number of halogens is 1. The van der Waals surface area contributed by atoms with Crippen LogP contribution >= 0.6 is 15.9 Å². The van der Waals surface area contributed by atoms with E-state index in [2.05, 4.69) is 21.2 Å². The second-order valence-corrected chi connectivity index (χ2v) is 4.97. The van der Waals surface area contributed by atoms with Crippen molar-refractivity contribution in [2.45, 2.75) is 13.8 Å². The van der Waals surface area contributed by atoms with Crippen LogP contribution in [0.25, 0.3) is 0 Å². The second kappa shape index (κ2) is 9.78. The summed E-state index contributed by atoms with van der Waals surface area (Å²) in [6.07, 6.45) is 4.04. The van der Waals surface area contributed by atoms with E-state index in [0.29, 0.717) is 0 Å². The molecule has 0 heterocycles. The average molecular weight is 368 g/mol. The fourth-order valence-corrected chi connectivity index (χ4v) is 1.71. The van der Waals surface area contributed by atoms with E-state index in [1.54, 1.807) is 13.8 Å². The molecule has 1 rings (SSSR count). The molecule has 0 amide bonds. The molecule has 0 atom stereocenters. The summed E-state index contributed by atoms with van der Waals surface area (Å²) in [5.74, 6) is -1.03. The monoisotopic (exact) mass is 367 g/mol. The van der Waals surface area contributed by atoms with Gasteiger partial charge in [-0.05, 0) is 44.2 Å². The molecule has 0 unspecified atom stereocenters. The standard InChI is InChI=1S/C16H18BrNO4/c1-3-21-15(19)10-5-12(16(20)22-4-2)11-18-14-8-6-13(17)7-9-14/h5-11,18H,3-4H2,1-2H3/b10-5+,12-11-. The lowest BCUT2D eigenvalue weighted by Gasteiger charge is -2.05. The molecule has 1 N–H and O–H groups in total. The Hall–Kier alpha value is -2.08. The maximum Gasteiger partial charge on any atom is 0.339 e. The highest BCUT2D eigenvalue weighted by Gasteiger charge is 2.08. The van der Waals surface area contributed by atoms with E-state index in [-0.39, 0.29) is 18.8 Å². The number of hydrogen-bond donors (Lipinski definition) is 1. The topological polar surface area (TPSA) is 64.6 Å². The fraction of sp³-hybridized carbons (Fsp3) is 0.250. The SMILES string of the molecule is CCOC(=O)/C=C/C(=C/Nc1ccc(Br)cc1)C(=O)OCC. The molecular formula is C16H18BrNO4. The van der Waals surface area contributed by atoms with Gasteiger partial charge in [0, 0.05) is 22.4 Å². The van der Waals surface area contributed by atoms with Crippen LogP contribution in [0.15, 0.2) is 52.7 Å². The lowest BCUT2D eigenvalue weighted by atomic mass is 10.2. The molecule has 0 bridgehead atoms. The molecule has 0 radical (unpaired) electrons. The van der Waals surface area contributed by atoms with Gasteiger partial charge in [0.2, 0.25) is 0 Å². The van der Waals surface area contributed by atoms with Crippen LogP contribution in [0.1, 0.15) is 13.8 Å². The van der Waals surface area contributed by atoms with Gasteiger partial charge in [0.25, 0.3) is 0 Å². The van der Waals surface area contributed by atoms with E-state index in [1.807, 2.05) is 24.3 Å². The molecule has 5 nitrogen and oxygen atoms in total. The van der Waals surface area contributed by atoms with Crippen molar-refractivity contribution in [3.05, 3.63) is 52.7 Å². The molecule has 6 heteroatoms. The summed E-state index contributed by atoms with van der Waals surface area (Å²) in [6.45, 7) is 3.95.